The normalized spacial score (nSPS) is 10.8. The number of halogens is 1. The largest absolute Gasteiger partial charge is 0.492 e. The van der Waals surface area contributed by atoms with Gasteiger partial charge in [-0.25, -0.2) is 9.18 Å². The summed E-state index contributed by atoms with van der Waals surface area (Å²) in [5, 5.41) is 5.32. The van der Waals surface area contributed by atoms with Gasteiger partial charge >= 0.3 is 6.09 Å². The first-order valence-electron chi connectivity index (χ1n) is 8.49. The van der Waals surface area contributed by atoms with Gasteiger partial charge in [0.15, 0.2) is 0 Å². The first-order valence-corrected chi connectivity index (χ1v) is 8.49. The van der Waals surface area contributed by atoms with E-state index in [1.807, 2.05) is 0 Å². The number of anilines is 1. The summed E-state index contributed by atoms with van der Waals surface area (Å²) in [6.07, 6.45) is -0.550. The minimum Gasteiger partial charge on any atom is -0.492 e. The molecular formula is C20H23FN2O4. The van der Waals surface area contributed by atoms with E-state index in [0.29, 0.717) is 17.0 Å². The topological polar surface area (TPSA) is 76.7 Å². The zero-order valence-electron chi connectivity index (χ0n) is 15.5. The summed E-state index contributed by atoms with van der Waals surface area (Å²) in [5.74, 6) is -0.159. The van der Waals surface area contributed by atoms with Gasteiger partial charge in [0.1, 0.15) is 23.8 Å². The number of hydrogen-bond acceptors (Lipinski definition) is 4. The van der Waals surface area contributed by atoms with Crippen LogP contribution >= 0.6 is 0 Å². The molecule has 0 unspecified atom stereocenters. The average Bonchev–Trinajstić information content (AvgIpc) is 2.58. The maximum Gasteiger partial charge on any atom is 0.412 e. The van der Waals surface area contributed by atoms with Crippen LogP contribution in [0.2, 0.25) is 0 Å². The molecule has 0 aromatic heterocycles. The van der Waals surface area contributed by atoms with Crippen LogP contribution in [-0.4, -0.2) is 30.8 Å². The number of amides is 2. The van der Waals surface area contributed by atoms with E-state index in [9.17, 15) is 14.0 Å². The summed E-state index contributed by atoms with van der Waals surface area (Å²) >= 11 is 0. The van der Waals surface area contributed by atoms with Gasteiger partial charge in [0.2, 0.25) is 0 Å². The third kappa shape index (κ3) is 7.35. The molecule has 2 amide bonds. The lowest BCUT2D eigenvalue weighted by Gasteiger charge is -2.19. The Labute approximate surface area is 157 Å². The van der Waals surface area contributed by atoms with E-state index in [2.05, 4.69) is 10.6 Å². The standard InChI is InChI=1S/C20H23FN2O4/c1-20(2,3)27-19(25)23-16-5-4-6-17(13-16)26-12-11-22-18(24)14-7-9-15(21)10-8-14/h4-10,13H,11-12H2,1-3H3,(H,22,24)(H,23,25). The number of carbonyl (C=O) groups is 2. The van der Waals surface area contributed by atoms with E-state index in [-0.39, 0.29) is 19.1 Å². The fourth-order valence-corrected chi connectivity index (χ4v) is 2.12. The van der Waals surface area contributed by atoms with Crippen molar-refractivity contribution in [3.63, 3.8) is 0 Å². The molecule has 0 heterocycles. The van der Waals surface area contributed by atoms with Crippen molar-refractivity contribution >= 4 is 17.7 Å². The Morgan fingerprint density at radius 3 is 2.44 bits per heavy atom. The smallest absolute Gasteiger partial charge is 0.412 e. The minimum atomic E-state index is -0.582. The van der Waals surface area contributed by atoms with Crippen molar-refractivity contribution in [3.05, 3.63) is 59.9 Å². The zero-order valence-corrected chi connectivity index (χ0v) is 15.5. The van der Waals surface area contributed by atoms with Crippen molar-refractivity contribution in [3.8, 4) is 5.75 Å². The second-order valence-electron chi connectivity index (χ2n) is 6.77. The Morgan fingerprint density at radius 1 is 1.07 bits per heavy atom. The van der Waals surface area contributed by atoms with Gasteiger partial charge in [-0.05, 0) is 57.2 Å². The molecule has 2 N–H and O–H groups in total. The quantitative estimate of drug-likeness (QED) is 0.750. The number of ether oxygens (including phenoxy) is 2. The summed E-state index contributed by atoms with van der Waals surface area (Å²) in [5.41, 5.74) is 0.332. The van der Waals surface area contributed by atoms with Gasteiger partial charge in [-0.3, -0.25) is 10.1 Å². The van der Waals surface area contributed by atoms with E-state index in [1.165, 1.54) is 24.3 Å². The summed E-state index contributed by atoms with van der Waals surface area (Å²) in [7, 11) is 0. The summed E-state index contributed by atoms with van der Waals surface area (Å²) in [6, 6.07) is 12.1. The Morgan fingerprint density at radius 2 is 1.78 bits per heavy atom. The van der Waals surface area contributed by atoms with Crippen LogP contribution in [0.3, 0.4) is 0 Å². The molecule has 27 heavy (non-hydrogen) atoms. The van der Waals surface area contributed by atoms with Crippen molar-refractivity contribution in [2.75, 3.05) is 18.5 Å². The molecule has 0 fully saturated rings. The van der Waals surface area contributed by atoms with Gasteiger partial charge < -0.3 is 14.8 Å². The van der Waals surface area contributed by atoms with E-state index in [4.69, 9.17) is 9.47 Å². The molecule has 0 atom stereocenters. The van der Waals surface area contributed by atoms with Gasteiger partial charge in [0.25, 0.3) is 5.91 Å². The molecule has 7 heteroatoms. The van der Waals surface area contributed by atoms with Crippen LogP contribution < -0.4 is 15.4 Å². The highest BCUT2D eigenvalue weighted by Crippen LogP contribution is 2.18. The minimum absolute atomic E-state index is 0.239. The number of rotatable bonds is 6. The van der Waals surface area contributed by atoms with Crippen LogP contribution in [0.1, 0.15) is 31.1 Å². The molecule has 144 valence electrons. The molecule has 0 spiro atoms. The van der Waals surface area contributed by atoms with Gasteiger partial charge in [-0.2, -0.15) is 0 Å². The molecule has 2 aromatic carbocycles. The first kappa shape index (κ1) is 20.2. The summed E-state index contributed by atoms with van der Waals surface area (Å²) in [6.45, 7) is 5.87. The monoisotopic (exact) mass is 374 g/mol. The van der Waals surface area contributed by atoms with Crippen LogP contribution in [0.4, 0.5) is 14.9 Å². The van der Waals surface area contributed by atoms with Gasteiger partial charge in [0.05, 0.1) is 6.54 Å². The fraction of sp³-hybridized carbons (Fsp3) is 0.300. The lowest BCUT2D eigenvalue weighted by molar-refractivity contribution is 0.0635. The Balaban J connectivity index is 1.78. The van der Waals surface area contributed by atoms with Crippen molar-refractivity contribution < 1.29 is 23.5 Å². The Kier molecular flexibility index (Phi) is 6.76. The number of benzene rings is 2. The van der Waals surface area contributed by atoms with E-state index >= 15 is 0 Å². The summed E-state index contributed by atoms with van der Waals surface area (Å²) < 4.78 is 23.6. The molecule has 0 aliphatic heterocycles. The fourth-order valence-electron chi connectivity index (χ4n) is 2.12. The molecule has 6 nitrogen and oxygen atoms in total. The van der Waals surface area contributed by atoms with Gasteiger partial charge in [-0.15, -0.1) is 0 Å². The second kappa shape index (κ2) is 9.02. The van der Waals surface area contributed by atoms with E-state index in [0.717, 1.165) is 0 Å². The van der Waals surface area contributed by atoms with Gasteiger partial charge in [-0.1, -0.05) is 6.07 Å². The SMILES string of the molecule is CC(C)(C)OC(=O)Nc1cccc(OCCNC(=O)c2ccc(F)cc2)c1. The molecule has 0 radical (unpaired) electrons. The van der Waals surface area contributed by atoms with Crippen LogP contribution in [0, 0.1) is 5.82 Å². The molecule has 0 aliphatic carbocycles. The van der Waals surface area contributed by atoms with Crippen molar-refractivity contribution in [1.82, 2.24) is 5.32 Å². The number of carbonyl (C=O) groups excluding carboxylic acids is 2. The maximum atomic E-state index is 12.9. The molecule has 0 saturated heterocycles. The van der Waals surface area contributed by atoms with Crippen LogP contribution in [0.5, 0.6) is 5.75 Å². The third-order valence-electron chi connectivity index (χ3n) is 3.24. The Bertz CT molecular complexity index is 785. The summed E-state index contributed by atoms with van der Waals surface area (Å²) in [4.78, 5) is 23.7. The lowest BCUT2D eigenvalue weighted by atomic mass is 10.2. The predicted octanol–water partition coefficient (Wildman–Crippen LogP) is 3.98. The maximum absolute atomic E-state index is 12.9. The zero-order chi connectivity index (χ0) is 19.9. The second-order valence-corrected chi connectivity index (χ2v) is 6.77. The molecule has 0 bridgehead atoms. The van der Waals surface area contributed by atoms with E-state index in [1.54, 1.807) is 45.0 Å². The van der Waals surface area contributed by atoms with Crippen molar-refractivity contribution in [2.45, 2.75) is 26.4 Å². The number of nitrogens with one attached hydrogen (secondary N) is 2. The van der Waals surface area contributed by atoms with Crippen molar-refractivity contribution in [2.24, 2.45) is 0 Å². The molecular weight excluding hydrogens is 351 g/mol. The van der Waals surface area contributed by atoms with Crippen molar-refractivity contribution in [1.29, 1.82) is 0 Å². The van der Waals surface area contributed by atoms with Crippen LogP contribution in [-0.2, 0) is 4.74 Å². The Hall–Kier alpha value is -3.09. The highest BCUT2D eigenvalue weighted by atomic mass is 19.1. The van der Waals surface area contributed by atoms with E-state index < -0.39 is 17.5 Å². The highest BCUT2D eigenvalue weighted by Gasteiger charge is 2.16. The average molecular weight is 374 g/mol. The molecule has 0 aliphatic rings. The molecule has 0 saturated carbocycles. The molecule has 2 aromatic rings. The van der Waals surface area contributed by atoms with Crippen LogP contribution in [0.25, 0.3) is 0 Å². The lowest BCUT2D eigenvalue weighted by Crippen LogP contribution is -2.28. The predicted molar refractivity (Wildman–Crippen MR) is 101 cm³/mol. The van der Waals surface area contributed by atoms with Crippen LogP contribution in [0.15, 0.2) is 48.5 Å². The highest BCUT2D eigenvalue weighted by molar-refractivity contribution is 5.94. The first-order chi connectivity index (χ1) is 12.7. The molecule has 2 rings (SSSR count). The number of hydrogen-bond donors (Lipinski definition) is 2. The third-order valence-corrected chi connectivity index (χ3v) is 3.24. The van der Waals surface area contributed by atoms with Gasteiger partial charge in [0, 0.05) is 17.3 Å².